The minimum Gasteiger partial charge on any atom is -0.497 e. The number of furan rings is 1. The van der Waals surface area contributed by atoms with E-state index in [-0.39, 0.29) is 0 Å². The Bertz CT molecular complexity index is 1100. The van der Waals surface area contributed by atoms with Crippen LogP contribution < -0.4 is 14.9 Å². The number of thioether (sulfide) groups is 1. The molecule has 0 aliphatic rings. The number of para-hydroxylation sites is 1. The molecule has 0 amide bonds. The van der Waals surface area contributed by atoms with E-state index in [0.29, 0.717) is 0 Å². The Morgan fingerprint density at radius 3 is 2.67 bits per heavy atom. The molecular formula is C23H22N2O3S2. The smallest absolute Gasteiger partial charge is 0.181 e. The molecule has 30 heavy (non-hydrogen) atoms. The van der Waals surface area contributed by atoms with Gasteiger partial charge in [-0.25, -0.2) is 0 Å². The molecule has 0 atom stereocenters. The Balaban J connectivity index is 1.48. The lowest BCUT2D eigenvalue weighted by atomic mass is 10.2. The maximum Gasteiger partial charge on any atom is 0.181 e. The number of fused-ring (bicyclic) bond motifs is 1. The van der Waals surface area contributed by atoms with E-state index in [1.54, 1.807) is 26.0 Å². The van der Waals surface area contributed by atoms with E-state index in [1.807, 2.05) is 54.6 Å². The zero-order valence-electron chi connectivity index (χ0n) is 16.7. The molecule has 0 unspecified atom stereocenters. The third-order valence-electron chi connectivity index (χ3n) is 4.39. The number of methoxy groups -OCH3 is 1. The van der Waals surface area contributed by atoms with Gasteiger partial charge in [-0.2, -0.15) is 0 Å². The zero-order valence-corrected chi connectivity index (χ0v) is 18.3. The summed E-state index contributed by atoms with van der Waals surface area (Å²) in [5, 5.41) is 1.90. The predicted octanol–water partition coefficient (Wildman–Crippen LogP) is 6.83. The molecule has 0 fully saturated rings. The SMILES string of the molecule is CONc1cccc(CSc2ccc(OC)cc2NSc2cc3ccccc3o2)c1. The van der Waals surface area contributed by atoms with Crippen LogP contribution in [0.3, 0.4) is 0 Å². The first-order valence-electron chi connectivity index (χ1n) is 9.35. The van der Waals surface area contributed by atoms with Crippen LogP contribution in [0.4, 0.5) is 11.4 Å². The number of hydrogen-bond donors (Lipinski definition) is 2. The van der Waals surface area contributed by atoms with Gasteiger partial charge in [0, 0.05) is 40.1 Å². The summed E-state index contributed by atoms with van der Waals surface area (Å²) in [4.78, 5) is 6.12. The molecule has 5 nitrogen and oxygen atoms in total. The van der Waals surface area contributed by atoms with Crippen LogP contribution in [0.5, 0.6) is 5.75 Å². The van der Waals surface area contributed by atoms with Gasteiger partial charge in [0.1, 0.15) is 11.3 Å². The van der Waals surface area contributed by atoms with Crippen molar-refractivity contribution in [3.63, 3.8) is 0 Å². The van der Waals surface area contributed by atoms with Gasteiger partial charge in [-0.3, -0.25) is 10.3 Å². The monoisotopic (exact) mass is 438 g/mol. The Labute approximate surface area is 184 Å². The van der Waals surface area contributed by atoms with Crippen LogP contribution in [-0.2, 0) is 10.6 Å². The fourth-order valence-electron chi connectivity index (χ4n) is 2.96. The highest BCUT2D eigenvalue weighted by atomic mass is 32.2. The van der Waals surface area contributed by atoms with Crippen molar-refractivity contribution in [1.29, 1.82) is 0 Å². The number of rotatable bonds is 9. The van der Waals surface area contributed by atoms with Crippen LogP contribution in [0.15, 0.2) is 87.2 Å². The van der Waals surface area contributed by atoms with Gasteiger partial charge in [0.05, 0.1) is 25.6 Å². The van der Waals surface area contributed by atoms with Crippen LogP contribution >= 0.6 is 23.7 Å². The van der Waals surface area contributed by atoms with Gasteiger partial charge in [-0.1, -0.05) is 30.3 Å². The third-order valence-corrected chi connectivity index (χ3v) is 6.26. The van der Waals surface area contributed by atoms with Crippen molar-refractivity contribution in [2.75, 3.05) is 24.4 Å². The van der Waals surface area contributed by atoms with Gasteiger partial charge < -0.3 is 13.9 Å². The van der Waals surface area contributed by atoms with Crippen molar-refractivity contribution in [3.8, 4) is 5.75 Å². The fraction of sp³-hybridized carbons (Fsp3) is 0.130. The Kier molecular flexibility index (Phi) is 6.74. The molecule has 154 valence electrons. The van der Waals surface area contributed by atoms with E-state index in [1.165, 1.54) is 17.5 Å². The van der Waals surface area contributed by atoms with Crippen LogP contribution in [0.1, 0.15) is 5.56 Å². The molecule has 2 N–H and O–H groups in total. The predicted molar refractivity (Wildman–Crippen MR) is 125 cm³/mol. The molecule has 1 aromatic heterocycles. The van der Waals surface area contributed by atoms with Crippen molar-refractivity contribution < 1.29 is 14.0 Å². The molecule has 0 aliphatic carbocycles. The molecular weight excluding hydrogens is 416 g/mol. The summed E-state index contributed by atoms with van der Waals surface area (Å²) in [5.41, 5.74) is 6.87. The van der Waals surface area contributed by atoms with Gasteiger partial charge >= 0.3 is 0 Å². The summed E-state index contributed by atoms with van der Waals surface area (Å²) in [7, 11) is 3.28. The van der Waals surface area contributed by atoms with E-state index in [4.69, 9.17) is 14.0 Å². The minimum atomic E-state index is 0.804. The molecule has 4 rings (SSSR count). The summed E-state index contributed by atoms with van der Waals surface area (Å²) in [6.45, 7) is 0. The Morgan fingerprint density at radius 1 is 0.933 bits per heavy atom. The summed E-state index contributed by atoms with van der Waals surface area (Å²) in [6, 6.07) is 24.3. The van der Waals surface area contributed by atoms with Gasteiger partial charge in [0.2, 0.25) is 0 Å². The second-order valence-corrected chi connectivity index (χ2v) is 8.29. The Hall–Kier alpha value is -2.74. The Morgan fingerprint density at radius 2 is 1.83 bits per heavy atom. The van der Waals surface area contributed by atoms with Crippen LogP contribution in [0.25, 0.3) is 11.0 Å². The van der Waals surface area contributed by atoms with Crippen molar-refractivity contribution in [3.05, 3.63) is 78.4 Å². The lowest BCUT2D eigenvalue weighted by Crippen LogP contribution is -1.96. The van der Waals surface area contributed by atoms with Gasteiger partial charge in [-0.05, 0) is 35.9 Å². The number of benzene rings is 3. The number of hydrogen-bond acceptors (Lipinski definition) is 7. The number of nitrogens with one attached hydrogen (secondary N) is 2. The highest BCUT2D eigenvalue weighted by Crippen LogP contribution is 2.36. The average Bonchev–Trinajstić information content (AvgIpc) is 3.20. The topological polar surface area (TPSA) is 55.7 Å². The molecule has 0 saturated carbocycles. The molecule has 1 heterocycles. The van der Waals surface area contributed by atoms with E-state index >= 15 is 0 Å². The second-order valence-electron chi connectivity index (χ2n) is 6.46. The van der Waals surface area contributed by atoms with E-state index in [9.17, 15) is 0 Å². The van der Waals surface area contributed by atoms with E-state index in [2.05, 4.69) is 28.4 Å². The average molecular weight is 439 g/mol. The first-order valence-corrected chi connectivity index (χ1v) is 11.2. The highest BCUT2D eigenvalue weighted by molar-refractivity contribution is 8.01. The van der Waals surface area contributed by atoms with Crippen molar-refractivity contribution in [1.82, 2.24) is 0 Å². The standard InChI is InChI=1S/C23H22N2O3S2/c1-26-19-10-11-22(29-15-16-6-5-8-18(12-16)24-27-2)20(14-19)25-30-23-13-17-7-3-4-9-21(17)28-23/h3-14,24-25H,15H2,1-2H3. The first-order chi connectivity index (χ1) is 14.7. The third kappa shape index (κ3) is 5.05. The first kappa shape index (κ1) is 20.5. The lowest BCUT2D eigenvalue weighted by Gasteiger charge is -2.12. The summed E-state index contributed by atoms with van der Waals surface area (Å²) >= 11 is 3.21. The van der Waals surface area contributed by atoms with Gasteiger partial charge in [-0.15, -0.1) is 11.8 Å². The summed E-state index contributed by atoms with van der Waals surface area (Å²) < 4.78 is 14.7. The molecule has 7 heteroatoms. The molecule has 0 spiro atoms. The second kappa shape index (κ2) is 9.84. The fourth-order valence-corrected chi connectivity index (χ4v) is 4.65. The highest BCUT2D eigenvalue weighted by Gasteiger charge is 2.09. The molecule has 0 bridgehead atoms. The largest absolute Gasteiger partial charge is 0.497 e. The van der Waals surface area contributed by atoms with Crippen molar-refractivity contribution in [2.45, 2.75) is 15.7 Å². The lowest BCUT2D eigenvalue weighted by molar-refractivity contribution is 0.271. The maximum absolute atomic E-state index is 5.90. The number of ether oxygens (including phenoxy) is 1. The molecule has 0 aliphatic heterocycles. The normalized spacial score (nSPS) is 10.9. The minimum absolute atomic E-state index is 0.804. The van der Waals surface area contributed by atoms with Crippen LogP contribution in [0, 0.1) is 0 Å². The summed E-state index contributed by atoms with van der Waals surface area (Å²) in [5.74, 6) is 1.63. The molecule has 4 aromatic rings. The molecule has 0 radical (unpaired) electrons. The summed E-state index contributed by atoms with van der Waals surface area (Å²) in [6.07, 6.45) is 0. The zero-order chi connectivity index (χ0) is 20.8. The van der Waals surface area contributed by atoms with Crippen LogP contribution in [-0.4, -0.2) is 14.2 Å². The molecule has 0 saturated heterocycles. The number of anilines is 2. The van der Waals surface area contributed by atoms with E-state index < -0.39 is 0 Å². The van der Waals surface area contributed by atoms with Crippen molar-refractivity contribution in [2.24, 2.45) is 0 Å². The van der Waals surface area contributed by atoms with Crippen LogP contribution in [0.2, 0.25) is 0 Å². The van der Waals surface area contributed by atoms with Gasteiger partial charge in [0.15, 0.2) is 5.09 Å². The van der Waals surface area contributed by atoms with Gasteiger partial charge in [0.25, 0.3) is 0 Å². The van der Waals surface area contributed by atoms with E-state index in [0.717, 1.165) is 43.8 Å². The van der Waals surface area contributed by atoms with Crippen molar-refractivity contribution >= 4 is 46.1 Å². The maximum atomic E-state index is 5.90. The molecule has 3 aromatic carbocycles. The quantitative estimate of drug-likeness (QED) is 0.169.